The minimum absolute atomic E-state index is 0.251. The smallest absolute Gasteiger partial charge is 0.320 e. The monoisotopic (exact) mass is 261 g/mol. The molecule has 104 valence electrons. The van der Waals surface area contributed by atoms with E-state index in [1.165, 1.54) is 5.56 Å². The summed E-state index contributed by atoms with van der Waals surface area (Å²) < 4.78 is 0. The normalized spacial score (nSPS) is 21.4. The number of nitrogens with zero attached hydrogens (tertiary/aromatic N) is 1. The fourth-order valence-corrected chi connectivity index (χ4v) is 2.87. The summed E-state index contributed by atoms with van der Waals surface area (Å²) >= 11 is 0. The van der Waals surface area contributed by atoms with Gasteiger partial charge in [-0.15, -0.1) is 0 Å². The molecule has 1 N–H and O–H groups in total. The standard InChI is InChI=1S/C16H23NO2/c1-13(9-10-14-6-3-2-4-7-14)12-17-11-5-8-15(17)16(18)19/h2-4,6-7,13,15H,5,8-12H2,1H3,(H,18,19)/t13?,15-/m1/s1. The molecule has 1 saturated heterocycles. The fraction of sp³-hybridized carbons (Fsp3) is 0.562. The Morgan fingerprint density at radius 2 is 2.16 bits per heavy atom. The van der Waals surface area contributed by atoms with Crippen molar-refractivity contribution < 1.29 is 9.90 Å². The zero-order valence-corrected chi connectivity index (χ0v) is 11.6. The van der Waals surface area contributed by atoms with Crippen LogP contribution in [0.5, 0.6) is 0 Å². The van der Waals surface area contributed by atoms with Gasteiger partial charge in [-0.05, 0) is 43.7 Å². The first-order chi connectivity index (χ1) is 9.16. The lowest BCUT2D eigenvalue weighted by Gasteiger charge is -2.24. The second-order valence-electron chi connectivity index (χ2n) is 5.62. The molecule has 1 aliphatic heterocycles. The average Bonchev–Trinajstić information content (AvgIpc) is 2.86. The third-order valence-corrected chi connectivity index (χ3v) is 3.96. The highest BCUT2D eigenvalue weighted by Crippen LogP contribution is 2.20. The molecule has 3 nitrogen and oxygen atoms in total. The van der Waals surface area contributed by atoms with E-state index < -0.39 is 5.97 Å². The maximum Gasteiger partial charge on any atom is 0.320 e. The summed E-state index contributed by atoms with van der Waals surface area (Å²) in [7, 11) is 0. The highest BCUT2D eigenvalue weighted by atomic mass is 16.4. The van der Waals surface area contributed by atoms with Crippen molar-refractivity contribution in [3.63, 3.8) is 0 Å². The van der Waals surface area contributed by atoms with Gasteiger partial charge >= 0.3 is 5.97 Å². The van der Waals surface area contributed by atoms with Gasteiger partial charge in [-0.1, -0.05) is 37.3 Å². The van der Waals surface area contributed by atoms with Crippen LogP contribution in [0.3, 0.4) is 0 Å². The average molecular weight is 261 g/mol. The van der Waals surface area contributed by atoms with Crippen molar-refractivity contribution in [1.29, 1.82) is 0 Å². The first-order valence-corrected chi connectivity index (χ1v) is 7.17. The lowest BCUT2D eigenvalue weighted by Crippen LogP contribution is -2.38. The summed E-state index contributed by atoms with van der Waals surface area (Å²) in [5.74, 6) is -0.118. The zero-order valence-electron chi connectivity index (χ0n) is 11.6. The molecule has 1 aromatic rings. The van der Waals surface area contributed by atoms with Crippen LogP contribution in [0.1, 0.15) is 31.7 Å². The summed E-state index contributed by atoms with van der Waals surface area (Å²) in [6, 6.07) is 10.2. The Bertz CT molecular complexity index is 404. The van der Waals surface area contributed by atoms with Gasteiger partial charge in [0.1, 0.15) is 6.04 Å². The fourth-order valence-electron chi connectivity index (χ4n) is 2.87. The van der Waals surface area contributed by atoms with E-state index in [1.807, 2.05) is 6.07 Å². The first kappa shape index (κ1) is 14.1. The summed E-state index contributed by atoms with van der Waals surface area (Å²) in [5, 5.41) is 9.16. The van der Waals surface area contributed by atoms with Crippen LogP contribution in [0, 0.1) is 5.92 Å². The number of carboxylic acids is 1. The maximum atomic E-state index is 11.1. The van der Waals surface area contributed by atoms with E-state index in [-0.39, 0.29) is 6.04 Å². The summed E-state index contributed by atoms with van der Waals surface area (Å²) in [6.07, 6.45) is 4.02. The van der Waals surface area contributed by atoms with Gasteiger partial charge in [0.2, 0.25) is 0 Å². The number of aryl methyl sites for hydroxylation is 1. The van der Waals surface area contributed by atoms with Crippen LogP contribution in [0.2, 0.25) is 0 Å². The molecule has 0 saturated carbocycles. The van der Waals surface area contributed by atoms with Crippen LogP contribution >= 0.6 is 0 Å². The zero-order chi connectivity index (χ0) is 13.7. The van der Waals surface area contributed by atoms with Crippen molar-refractivity contribution in [1.82, 2.24) is 4.90 Å². The molecule has 2 rings (SSSR count). The van der Waals surface area contributed by atoms with Crippen LogP contribution in [-0.4, -0.2) is 35.1 Å². The van der Waals surface area contributed by atoms with Crippen molar-refractivity contribution >= 4 is 5.97 Å². The first-order valence-electron chi connectivity index (χ1n) is 7.17. The predicted molar refractivity (Wildman–Crippen MR) is 76.2 cm³/mol. The van der Waals surface area contributed by atoms with E-state index >= 15 is 0 Å². The van der Waals surface area contributed by atoms with Gasteiger partial charge in [-0.2, -0.15) is 0 Å². The van der Waals surface area contributed by atoms with E-state index in [0.717, 1.165) is 38.8 Å². The quantitative estimate of drug-likeness (QED) is 0.856. The number of hydrogen-bond donors (Lipinski definition) is 1. The highest BCUT2D eigenvalue weighted by Gasteiger charge is 2.30. The van der Waals surface area contributed by atoms with Crippen molar-refractivity contribution in [2.45, 2.75) is 38.6 Å². The van der Waals surface area contributed by atoms with Crippen molar-refractivity contribution in [2.75, 3.05) is 13.1 Å². The number of aliphatic carboxylic acids is 1. The lowest BCUT2D eigenvalue weighted by molar-refractivity contribution is -0.142. The topological polar surface area (TPSA) is 40.5 Å². The van der Waals surface area contributed by atoms with Crippen LogP contribution in [0.25, 0.3) is 0 Å². The molecule has 0 aromatic heterocycles. The Labute approximate surface area is 115 Å². The molecule has 19 heavy (non-hydrogen) atoms. The minimum atomic E-state index is -0.659. The molecule has 0 radical (unpaired) electrons. The molecular formula is C16H23NO2. The molecule has 3 heteroatoms. The molecule has 0 amide bonds. The molecule has 1 heterocycles. The Balaban J connectivity index is 1.78. The van der Waals surface area contributed by atoms with Crippen molar-refractivity contribution in [3.8, 4) is 0 Å². The Hall–Kier alpha value is -1.35. The van der Waals surface area contributed by atoms with Gasteiger partial charge in [-0.25, -0.2) is 0 Å². The molecule has 1 aromatic carbocycles. The van der Waals surface area contributed by atoms with Crippen molar-refractivity contribution in [2.24, 2.45) is 5.92 Å². The summed E-state index contributed by atoms with van der Waals surface area (Å²) in [4.78, 5) is 13.3. The predicted octanol–water partition coefficient (Wildman–Crippen LogP) is 2.80. The number of hydrogen-bond acceptors (Lipinski definition) is 2. The molecule has 2 atom stereocenters. The molecule has 0 bridgehead atoms. The highest BCUT2D eigenvalue weighted by molar-refractivity contribution is 5.73. The number of likely N-dealkylation sites (tertiary alicyclic amines) is 1. The van der Waals surface area contributed by atoms with Crippen LogP contribution in [-0.2, 0) is 11.2 Å². The van der Waals surface area contributed by atoms with Crippen LogP contribution in [0.4, 0.5) is 0 Å². The van der Waals surface area contributed by atoms with Gasteiger partial charge in [-0.3, -0.25) is 9.69 Å². The van der Waals surface area contributed by atoms with E-state index in [0.29, 0.717) is 5.92 Å². The Morgan fingerprint density at radius 3 is 2.84 bits per heavy atom. The number of rotatable bonds is 6. The summed E-state index contributed by atoms with van der Waals surface area (Å²) in [6.45, 7) is 4.07. The molecular weight excluding hydrogens is 238 g/mol. The van der Waals surface area contributed by atoms with Gasteiger partial charge in [0.15, 0.2) is 0 Å². The second-order valence-corrected chi connectivity index (χ2v) is 5.62. The van der Waals surface area contributed by atoms with Crippen LogP contribution < -0.4 is 0 Å². The third kappa shape index (κ3) is 4.06. The summed E-state index contributed by atoms with van der Waals surface area (Å²) in [5.41, 5.74) is 1.37. The molecule has 1 aliphatic rings. The largest absolute Gasteiger partial charge is 0.480 e. The van der Waals surface area contributed by atoms with Crippen LogP contribution in [0.15, 0.2) is 30.3 Å². The number of carbonyl (C=O) groups is 1. The van der Waals surface area contributed by atoms with Gasteiger partial charge < -0.3 is 5.11 Å². The van der Waals surface area contributed by atoms with Gasteiger partial charge in [0.05, 0.1) is 0 Å². The molecule has 1 fully saturated rings. The maximum absolute atomic E-state index is 11.1. The van der Waals surface area contributed by atoms with E-state index in [9.17, 15) is 4.79 Å². The molecule has 1 unspecified atom stereocenters. The molecule has 0 spiro atoms. The number of carboxylic acid groups (broad SMARTS) is 1. The molecule has 0 aliphatic carbocycles. The SMILES string of the molecule is CC(CCc1ccccc1)CN1CCC[C@@H]1C(=O)O. The Kier molecular flexibility index (Phi) is 4.97. The van der Waals surface area contributed by atoms with Gasteiger partial charge in [0.25, 0.3) is 0 Å². The third-order valence-electron chi connectivity index (χ3n) is 3.96. The second kappa shape index (κ2) is 6.71. The number of benzene rings is 1. The lowest BCUT2D eigenvalue weighted by atomic mass is 10.0. The van der Waals surface area contributed by atoms with E-state index in [1.54, 1.807) is 0 Å². The van der Waals surface area contributed by atoms with E-state index in [2.05, 4.69) is 36.1 Å². The van der Waals surface area contributed by atoms with E-state index in [4.69, 9.17) is 5.11 Å². The van der Waals surface area contributed by atoms with Crippen molar-refractivity contribution in [3.05, 3.63) is 35.9 Å². The minimum Gasteiger partial charge on any atom is -0.480 e. The Morgan fingerprint density at radius 1 is 1.42 bits per heavy atom. The van der Waals surface area contributed by atoms with Gasteiger partial charge in [0, 0.05) is 6.54 Å².